The molecule has 6 nitrogen and oxygen atoms in total. The highest BCUT2D eigenvalue weighted by molar-refractivity contribution is 6.14. The molecule has 0 aromatic heterocycles. The number of urea groups is 1. The normalized spacial score (nSPS) is 18.2. The number of hydrogen-bond donors (Lipinski definition) is 1. The lowest BCUT2D eigenvalue weighted by Gasteiger charge is -2.43. The maximum absolute atomic E-state index is 13.2. The van der Waals surface area contributed by atoms with Crippen molar-refractivity contribution in [3.05, 3.63) is 70.7 Å². The zero-order chi connectivity index (χ0) is 24.6. The Kier molecular flexibility index (Phi) is 6.21. The van der Waals surface area contributed by atoms with Gasteiger partial charge in [0.25, 0.3) is 5.91 Å². The van der Waals surface area contributed by atoms with Gasteiger partial charge in [0.2, 0.25) is 0 Å². The number of carbonyl (C=O) groups is 2. The molecule has 0 atom stereocenters. The minimum atomic E-state index is -0.510. The summed E-state index contributed by atoms with van der Waals surface area (Å²) in [5, 5.41) is 2.66. The molecule has 1 saturated heterocycles. The van der Waals surface area contributed by atoms with Crippen LogP contribution in [0, 0.1) is 5.82 Å². The number of halogens is 1. The molecule has 2 aromatic rings. The SMILES string of the molecule is CCCN1c2cc(OC)c(/C=C3/NC(=O)N(Cc4ccc(F)cc4)C3=O)cc2C(C)=CC1(C)C. The molecule has 0 unspecified atom stereocenters. The van der Waals surface area contributed by atoms with Crippen molar-refractivity contribution < 1.29 is 18.7 Å². The molecule has 0 aliphatic carbocycles. The summed E-state index contributed by atoms with van der Waals surface area (Å²) in [7, 11) is 1.60. The van der Waals surface area contributed by atoms with Gasteiger partial charge in [0.05, 0.1) is 19.2 Å². The van der Waals surface area contributed by atoms with Crippen LogP contribution in [0.1, 0.15) is 50.8 Å². The number of nitrogens with zero attached hydrogens (tertiary/aromatic N) is 2. The van der Waals surface area contributed by atoms with E-state index in [1.807, 2.05) is 12.1 Å². The van der Waals surface area contributed by atoms with Crippen LogP contribution >= 0.6 is 0 Å². The molecule has 1 fully saturated rings. The molecule has 3 amide bonds. The monoisotopic (exact) mass is 463 g/mol. The third-order valence-corrected chi connectivity index (χ3v) is 6.29. The Bertz CT molecular complexity index is 1200. The van der Waals surface area contributed by atoms with Gasteiger partial charge in [0.1, 0.15) is 17.3 Å². The summed E-state index contributed by atoms with van der Waals surface area (Å²) in [4.78, 5) is 29.0. The second kappa shape index (κ2) is 8.97. The summed E-state index contributed by atoms with van der Waals surface area (Å²) in [6.07, 6.45) is 4.91. The maximum atomic E-state index is 13.2. The second-order valence-corrected chi connectivity index (χ2v) is 9.25. The highest BCUT2D eigenvalue weighted by Crippen LogP contribution is 2.42. The lowest BCUT2D eigenvalue weighted by molar-refractivity contribution is -0.123. The predicted molar refractivity (Wildman–Crippen MR) is 132 cm³/mol. The summed E-state index contributed by atoms with van der Waals surface area (Å²) in [5.41, 5.74) is 4.72. The summed E-state index contributed by atoms with van der Waals surface area (Å²) in [6, 6.07) is 9.23. The number of nitrogens with one attached hydrogen (secondary N) is 1. The third kappa shape index (κ3) is 4.30. The molecule has 0 bridgehead atoms. The number of fused-ring (bicyclic) bond motifs is 1. The van der Waals surface area contributed by atoms with Gasteiger partial charge in [-0.2, -0.15) is 0 Å². The van der Waals surface area contributed by atoms with Crippen molar-refractivity contribution in [1.82, 2.24) is 10.2 Å². The zero-order valence-corrected chi connectivity index (χ0v) is 20.2. The third-order valence-electron chi connectivity index (χ3n) is 6.29. The number of benzene rings is 2. The molecule has 2 aliphatic rings. The molecule has 0 saturated carbocycles. The molecular formula is C27H30FN3O3. The number of anilines is 1. The molecule has 1 N–H and O–H groups in total. The topological polar surface area (TPSA) is 61.9 Å². The first-order chi connectivity index (χ1) is 16.1. The molecule has 0 radical (unpaired) electrons. The summed E-state index contributed by atoms with van der Waals surface area (Å²) in [6.45, 7) is 9.59. The van der Waals surface area contributed by atoms with E-state index in [0.29, 0.717) is 16.9 Å². The van der Waals surface area contributed by atoms with Crippen LogP contribution < -0.4 is 15.0 Å². The fraction of sp³-hybridized carbons (Fsp3) is 0.333. The predicted octanol–water partition coefficient (Wildman–Crippen LogP) is 5.34. The van der Waals surface area contributed by atoms with E-state index in [1.165, 1.54) is 12.1 Å². The molecule has 178 valence electrons. The van der Waals surface area contributed by atoms with E-state index in [9.17, 15) is 14.0 Å². The van der Waals surface area contributed by atoms with E-state index in [2.05, 4.69) is 44.0 Å². The molecule has 34 heavy (non-hydrogen) atoms. The number of hydrogen-bond acceptors (Lipinski definition) is 4. The summed E-state index contributed by atoms with van der Waals surface area (Å²) >= 11 is 0. The number of ether oxygens (including phenoxy) is 1. The first-order valence-corrected chi connectivity index (χ1v) is 11.4. The van der Waals surface area contributed by atoms with Gasteiger partial charge in [-0.05, 0) is 62.6 Å². The van der Waals surface area contributed by atoms with E-state index < -0.39 is 11.9 Å². The summed E-state index contributed by atoms with van der Waals surface area (Å²) in [5.74, 6) is -0.182. The Labute approximate surface area is 199 Å². The Hall–Kier alpha value is -3.61. The number of amides is 3. The van der Waals surface area contributed by atoms with Gasteiger partial charge in [-0.1, -0.05) is 25.1 Å². The second-order valence-electron chi connectivity index (χ2n) is 9.25. The maximum Gasteiger partial charge on any atom is 0.329 e. The fourth-order valence-electron chi connectivity index (χ4n) is 4.69. The lowest BCUT2D eigenvalue weighted by Crippen LogP contribution is -2.45. The minimum Gasteiger partial charge on any atom is -0.496 e. The standard InChI is InChI=1S/C27H30FN3O3/c1-6-11-31-23-14-24(34-5)19(12-21(23)17(2)15-27(31,3)4)13-22-25(32)30(26(33)29-22)16-18-7-9-20(28)10-8-18/h7-10,12-15H,6,11,16H2,1-5H3,(H,29,33)/b22-13+. The van der Waals surface area contributed by atoms with Gasteiger partial charge >= 0.3 is 6.03 Å². The first-order valence-electron chi connectivity index (χ1n) is 11.4. The van der Waals surface area contributed by atoms with Crippen LogP contribution in [0.4, 0.5) is 14.9 Å². The molecule has 7 heteroatoms. The van der Waals surface area contributed by atoms with Crippen molar-refractivity contribution in [1.29, 1.82) is 0 Å². The average Bonchev–Trinajstić information content (AvgIpc) is 3.05. The minimum absolute atomic E-state index is 0.0620. The van der Waals surface area contributed by atoms with Gasteiger partial charge in [0.15, 0.2) is 0 Å². The number of methoxy groups -OCH3 is 1. The van der Waals surface area contributed by atoms with E-state index in [-0.39, 0.29) is 23.6 Å². The molecule has 4 rings (SSSR count). The van der Waals surface area contributed by atoms with Crippen LogP contribution in [0.5, 0.6) is 5.75 Å². The highest BCUT2D eigenvalue weighted by Gasteiger charge is 2.35. The van der Waals surface area contributed by atoms with E-state index in [1.54, 1.807) is 25.3 Å². The van der Waals surface area contributed by atoms with Crippen LogP contribution in [-0.4, -0.2) is 36.0 Å². The first kappa shape index (κ1) is 23.5. The van der Waals surface area contributed by atoms with Crippen molar-refractivity contribution in [2.24, 2.45) is 0 Å². The Morgan fingerprint density at radius 1 is 1.15 bits per heavy atom. The molecule has 0 spiro atoms. The van der Waals surface area contributed by atoms with Crippen molar-refractivity contribution in [3.63, 3.8) is 0 Å². The average molecular weight is 464 g/mol. The van der Waals surface area contributed by atoms with Crippen molar-refractivity contribution in [2.45, 2.75) is 46.2 Å². The van der Waals surface area contributed by atoms with Gasteiger partial charge < -0.3 is 15.0 Å². The van der Waals surface area contributed by atoms with Crippen LogP contribution in [0.15, 0.2) is 48.2 Å². The van der Waals surface area contributed by atoms with Crippen molar-refractivity contribution in [2.75, 3.05) is 18.6 Å². The van der Waals surface area contributed by atoms with Crippen LogP contribution in [0.25, 0.3) is 11.6 Å². The van der Waals surface area contributed by atoms with Crippen LogP contribution in [0.2, 0.25) is 0 Å². The number of rotatable bonds is 6. The van der Waals surface area contributed by atoms with Gasteiger partial charge in [-0.3, -0.25) is 9.69 Å². The Balaban J connectivity index is 1.69. The molecular weight excluding hydrogens is 433 g/mol. The smallest absolute Gasteiger partial charge is 0.329 e. The van der Waals surface area contributed by atoms with Crippen LogP contribution in [0.3, 0.4) is 0 Å². The lowest BCUT2D eigenvalue weighted by atomic mass is 9.87. The van der Waals surface area contributed by atoms with Gasteiger partial charge in [-0.25, -0.2) is 9.18 Å². The van der Waals surface area contributed by atoms with E-state index in [4.69, 9.17) is 4.74 Å². The zero-order valence-electron chi connectivity index (χ0n) is 20.2. The van der Waals surface area contributed by atoms with Gasteiger partial charge in [0, 0.05) is 29.4 Å². The van der Waals surface area contributed by atoms with E-state index in [0.717, 1.165) is 34.7 Å². The fourth-order valence-corrected chi connectivity index (χ4v) is 4.69. The number of carbonyl (C=O) groups excluding carboxylic acids is 2. The van der Waals surface area contributed by atoms with Gasteiger partial charge in [-0.15, -0.1) is 0 Å². The van der Waals surface area contributed by atoms with Crippen molar-refractivity contribution >= 4 is 29.3 Å². The molecule has 2 aliphatic heterocycles. The quantitative estimate of drug-likeness (QED) is 0.464. The molecule has 2 aromatic carbocycles. The Morgan fingerprint density at radius 3 is 2.50 bits per heavy atom. The largest absolute Gasteiger partial charge is 0.496 e. The van der Waals surface area contributed by atoms with Crippen molar-refractivity contribution in [3.8, 4) is 5.75 Å². The van der Waals surface area contributed by atoms with E-state index >= 15 is 0 Å². The van der Waals surface area contributed by atoms with Crippen LogP contribution in [-0.2, 0) is 11.3 Å². The molecule has 2 heterocycles. The highest BCUT2D eigenvalue weighted by atomic mass is 19.1. The Morgan fingerprint density at radius 2 is 1.85 bits per heavy atom. The number of imide groups is 1. The number of allylic oxidation sites excluding steroid dienone is 1. The summed E-state index contributed by atoms with van der Waals surface area (Å²) < 4.78 is 18.9.